The van der Waals surface area contributed by atoms with Crippen molar-refractivity contribution in [3.8, 4) is 11.5 Å². The Morgan fingerprint density at radius 3 is 2.43 bits per heavy atom. The van der Waals surface area contributed by atoms with Crippen molar-refractivity contribution in [2.45, 2.75) is 32.8 Å². The highest BCUT2D eigenvalue weighted by Crippen LogP contribution is 2.20. The van der Waals surface area contributed by atoms with Crippen LogP contribution in [0.15, 0.2) is 47.0 Å². The number of nitrogen functional groups attached to an aromatic ring is 1. The fraction of sp³-hybridized carbons (Fsp3) is 0.250. The summed E-state index contributed by atoms with van der Waals surface area (Å²) < 4.78 is 10.9. The van der Waals surface area contributed by atoms with Gasteiger partial charge in [-0.2, -0.15) is 0 Å². The van der Waals surface area contributed by atoms with Gasteiger partial charge in [0.2, 0.25) is 11.8 Å². The van der Waals surface area contributed by atoms with Crippen molar-refractivity contribution < 1.29 is 18.7 Å². The number of hydrogen-bond acceptors (Lipinski definition) is 8. The quantitative estimate of drug-likeness (QED) is 0.331. The minimum Gasteiger partial charge on any atom is -0.444 e. The van der Waals surface area contributed by atoms with E-state index < -0.39 is 11.7 Å². The molecule has 156 valence electrons. The van der Waals surface area contributed by atoms with Crippen molar-refractivity contribution in [1.82, 2.24) is 20.6 Å². The number of pyridine rings is 1. The minimum absolute atomic E-state index is 0.306. The van der Waals surface area contributed by atoms with Crippen LogP contribution in [0.2, 0.25) is 0 Å². The van der Waals surface area contributed by atoms with Crippen LogP contribution < -0.4 is 16.6 Å². The number of nitrogens with zero attached hydrogens (tertiary/aromatic N) is 3. The van der Waals surface area contributed by atoms with Crippen LogP contribution in [-0.4, -0.2) is 32.8 Å². The SMILES string of the molecule is CC(C)(C)OC(=O)Nc1ccc(-c2nnc(Cc3ccc(C(=O)NN)cc3)o2)cn1. The summed E-state index contributed by atoms with van der Waals surface area (Å²) in [7, 11) is 0. The van der Waals surface area contributed by atoms with Crippen LogP contribution in [-0.2, 0) is 11.2 Å². The Hall–Kier alpha value is -3.79. The van der Waals surface area contributed by atoms with Crippen LogP contribution in [0.4, 0.5) is 10.6 Å². The lowest BCUT2D eigenvalue weighted by molar-refractivity contribution is 0.0635. The van der Waals surface area contributed by atoms with Crippen LogP contribution >= 0.6 is 0 Å². The van der Waals surface area contributed by atoms with E-state index >= 15 is 0 Å². The third kappa shape index (κ3) is 5.61. The first-order valence-electron chi connectivity index (χ1n) is 9.12. The maximum atomic E-state index is 11.8. The monoisotopic (exact) mass is 410 g/mol. The molecule has 3 aromatic rings. The second kappa shape index (κ2) is 8.70. The number of aromatic nitrogens is 3. The van der Waals surface area contributed by atoms with Gasteiger partial charge in [-0.25, -0.2) is 15.6 Å². The number of hydrazine groups is 1. The number of hydrogen-bond donors (Lipinski definition) is 3. The third-order valence-electron chi connectivity index (χ3n) is 3.81. The lowest BCUT2D eigenvalue weighted by Gasteiger charge is -2.19. The average molecular weight is 410 g/mol. The van der Waals surface area contributed by atoms with Gasteiger partial charge >= 0.3 is 6.09 Å². The van der Waals surface area contributed by atoms with Crippen LogP contribution in [0.5, 0.6) is 0 Å². The number of benzene rings is 1. The summed E-state index contributed by atoms with van der Waals surface area (Å²) in [5.41, 5.74) is 3.45. The van der Waals surface area contributed by atoms with Crippen molar-refractivity contribution in [2.24, 2.45) is 5.84 Å². The second-order valence-corrected chi connectivity index (χ2v) is 7.41. The molecule has 1 aromatic carbocycles. The number of nitrogens with one attached hydrogen (secondary N) is 2. The first kappa shape index (κ1) is 20.9. The Balaban J connectivity index is 1.63. The molecule has 4 N–H and O–H groups in total. The summed E-state index contributed by atoms with van der Waals surface area (Å²) in [6, 6.07) is 10.2. The maximum absolute atomic E-state index is 11.8. The summed E-state index contributed by atoms with van der Waals surface area (Å²) in [5, 5.41) is 10.6. The van der Waals surface area contributed by atoms with E-state index in [4.69, 9.17) is 15.0 Å². The van der Waals surface area contributed by atoms with Gasteiger partial charge in [-0.05, 0) is 50.6 Å². The molecule has 30 heavy (non-hydrogen) atoms. The molecule has 0 atom stereocenters. The molecule has 2 amide bonds. The van der Waals surface area contributed by atoms with Gasteiger partial charge in [-0.15, -0.1) is 10.2 Å². The molecule has 0 saturated carbocycles. The standard InChI is InChI=1S/C20H22N6O4/c1-20(2,3)30-19(28)23-15-9-8-14(11-22-15)18-26-25-16(29-18)10-12-4-6-13(7-5-12)17(27)24-21/h4-9,11H,10,21H2,1-3H3,(H,24,27)(H,22,23,28). The van der Waals surface area contributed by atoms with Gasteiger partial charge < -0.3 is 9.15 Å². The number of amides is 2. The maximum Gasteiger partial charge on any atom is 0.413 e. The van der Waals surface area contributed by atoms with Crippen molar-refractivity contribution in [1.29, 1.82) is 0 Å². The van der Waals surface area contributed by atoms with Crippen molar-refractivity contribution in [3.05, 3.63) is 59.6 Å². The lowest BCUT2D eigenvalue weighted by Crippen LogP contribution is -2.29. The molecule has 0 aliphatic heterocycles. The molecule has 0 bridgehead atoms. The molecule has 10 nitrogen and oxygen atoms in total. The van der Waals surface area contributed by atoms with Crippen LogP contribution in [0.3, 0.4) is 0 Å². The zero-order valence-electron chi connectivity index (χ0n) is 16.8. The normalized spacial score (nSPS) is 11.1. The van der Waals surface area contributed by atoms with E-state index in [-0.39, 0.29) is 5.91 Å². The summed E-state index contributed by atoms with van der Waals surface area (Å²) in [6.07, 6.45) is 1.34. The number of nitrogens with two attached hydrogens (primary N) is 1. The Morgan fingerprint density at radius 1 is 1.10 bits per heavy atom. The molecule has 0 radical (unpaired) electrons. The van der Waals surface area contributed by atoms with Crippen LogP contribution in [0, 0.1) is 0 Å². The summed E-state index contributed by atoms with van der Waals surface area (Å²) in [5.74, 6) is 5.82. The highest BCUT2D eigenvalue weighted by molar-refractivity contribution is 5.93. The van der Waals surface area contributed by atoms with Crippen LogP contribution in [0.1, 0.15) is 42.6 Å². The number of ether oxygens (including phenoxy) is 1. The zero-order valence-corrected chi connectivity index (χ0v) is 16.8. The van der Waals surface area contributed by atoms with Gasteiger partial charge in [0, 0.05) is 11.8 Å². The fourth-order valence-electron chi connectivity index (χ4n) is 2.48. The molecule has 0 unspecified atom stereocenters. The molecule has 10 heteroatoms. The predicted octanol–water partition coefficient (Wildman–Crippen LogP) is 2.67. The molecular weight excluding hydrogens is 388 g/mol. The molecular formula is C20H22N6O4. The van der Waals surface area contributed by atoms with E-state index in [2.05, 4.69) is 25.9 Å². The molecule has 0 saturated heterocycles. The van der Waals surface area contributed by atoms with Gasteiger partial charge in [0.15, 0.2) is 0 Å². The van der Waals surface area contributed by atoms with Crippen molar-refractivity contribution in [3.63, 3.8) is 0 Å². The Kier molecular flexibility index (Phi) is 6.07. The third-order valence-corrected chi connectivity index (χ3v) is 3.81. The molecule has 0 aliphatic carbocycles. The summed E-state index contributed by atoms with van der Waals surface area (Å²) >= 11 is 0. The molecule has 0 aliphatic rings. The van der Waals surface area contributed by atoms with E-state index in [0.717, 1.165) is 5.56 Å². The molecule has 0 fully saturated rings. The van der Waals surface area contributed by atoms with Crippen LogP contribution in [0.25, 0.3) is 11.5 Å². The predicted molar refractivity (Wildman–Crippen MR) is 108 cm³/mol. The zero-order chi connectivity index (χ0) is 21.7. The van der Waals surface area contributed by atoms with Crippen molar-refractivity contribution in [2.75, 3.05) is 5.32 Å². The largest absolute Gasteiger partial charge is 0.444 e. The summed E-state index contributed by atoms with van der Waals surface area (Å²) in [4.78, 5) is 27.4. The van der Waals surface area contributed by atoms with Crippen molar-refractivity contribution >= 4 is 17.8 Å². The van der Waals surface area contributed by atoms with E-state index in [9.17, 15) is 9.59 Å². The topological polar surface area (TPSA) is 145 Å². The smallest absolute Gasteiger partial charge is 0.413 e. The number of carbonyl (C=O) groups excluding carboxylic acids is 2. The number of rotatable bonds is 5. The summed E-state index contributed by atoms with van der Waals surface area (Å²) in [6.45, 7) is 5.34. The second-order valence-electron chi connectivity index (χ2n) is 7.41. The average Bonchev–Trinajstić information content (AvgIpc) is 3.15. The van der Waals surface area contributed by atoms with E-state index in [0.29, 0.717) is 35.1 Å². The van der Waals surface area contributed by atoms with Gasteiger partial charge in [0.05, 0.1) is 12.0 Å². The lowest BCUT2D eigenvalue weighted by atomic mass is 10.1. The number of anilines is 1. The first-order chi connectivity index (χ1) is 14.2. The molecule has 2 heterocycles. The molecule has 2 aromatic heterocycles. The number of carbonyl (C=O) groups is 2. The van der Waals surface area contributed by atoms with Gasteiger partial charge in [-0.3, -0.25) is 15.5 Å². The molecule has 0 spiro atoms. The minimum atomic E-state index is -0.596. The Bertz CT molecular complexity index is 1020. The van der Waals surface area contributed by atoms with E-state index in [1.807, 2.05) is 0 Å². The van der Waals surface area contributed by atoms with E-state index in [1.54, 1.807) is 57.2 Å². The van der Waals surface area contributed by atoms with Gasteiger partial charge in [0.1, 0.15) is 11.4 Å². The van der Waals surface area contributed by atoms with E-state index in [1.165, 1.54) is 6.20 Å². The first-order valence-corrected chi connectivity index (χ1v) is 9.12. The highest BCUT2D eigenvalue weighted by atomic mass is 16.6. The van der Waals surface area contributed by atoms with Gasteiger partial charge in [0.25, 0.3) is 5.91 Å². The molecule has 3 rings (SSSR count). The Labute approximate surface area is 172 Å². The van der Waals surface area contributed by atoms with Gasteiger partial charge in [-0.1, -0.05) is 12.1 Å². The highest BCUT2D eigenvalue weighted by Gasteiger charge is 2.17. The fourth-order valence-corrected chi connectivity index (χ4v) is 2.48. The Morgan fingerprint density at radius 2 is 1.83 bits per heavy atom.